The number of nitrogens with one attached hydrogen (secondary N) is 2. The second-order valence-electron chi connectivity index (χ2n) is 13.9. The molecule has 2 aromatic carbocycles. The van der Waals surface area contributed by atoms with Gasteiger partial charge in [-0.2, -0.15) is 0 Å². The van der Waals surface area contributed by atoms with E-state index in [9.17, 15) is 19.2 Å². The number of ketones is 2. The molecular weight excluding hydrogens is 692 g/mol. The summed E-state index contributed by atoms with van der Waals surface area (Å²) in [5, 5.41) is 22.3. The second-order valence-corrected chi connectivity index (χ2v) is 13.9. The van der Waals surface area contributed by atoms with Crippen LogP contribution in [0.2, 0.25) is 0 Å². The number of carbonyl (C=O) groups excluding carboxylic acids is 4. The average Bonchev–Trinajstić information content (AvgIpc) is 3.82. The molecule has 3 aliphatic rings. The van der Waals surface area contributed by atoms with Crippen LogP contribution in [-0.4, -0.2) is 129 Å². The summed E-state index contributed by atoms with van der Waals surface area (Å²) < 4.78 is 13.6. The van der Waals surface area contributed by atoms with Gasteiger partial charge in [-0.25, -0.2) is 9.36 Å². The molecule has 0 saturated carbocycles. The Morgan fingerprint density at radius 2 is 0.963 bits per heavy atom. The molecule has 4 heterocycles. The molecule has 16 nitrogen and oxygen atoms in total. The smallest absolute Gasteiger partial charge is 0.236 e. The summed E-state index contributed by atoms with van der Waals surface area (Å²) in [5.74, 6) is -1.02. The van der Waals surface area contributed by atoms with Crippen molar-refractivity contribution in [3.05, 3.63) is 82.4 Å². The molecule has 0 atom stereocenters. The van der Waals surface area contributed by atoms with Crippen molar-refractivity contribution in [1.82, 2.24) is 39.8 Å². The summed E-state index contributed by atoms with van der Waals surface area (Å²) in [6, 6.07) is 14.6. The summed E-state index contributed by atoms with van der Waals surface area (Å²) in [5.41, 5.74) is 3.01. The van der Waals surface area contributed by atoms with E-state index in [1.807, 2.05) is 24.3 Å². The number of morpholine rings is 2. The molecule has 0 spiro atoms. The lowest BCUT2D eigenvalue weighted by Gasteiger charge is -2.26. The summed E-state index contributed by atoms with van der Waals surface area (Å²) >= 11 is 0. The monoisotopic (exact) mass is 738 g/mol. The lowest BCUT2D eigenvalue weighted by atomic mass is 9.98. The molecule has 2 saturated heterocycles. The number of carbonyl (C=O) groups is 4. The number of rotatable bonds is 16. The Morgan fingerprint density at radius 1 is 0.574 bits per heavy atom. The van der Waals surface area contributed by atoms with Crippen LogP contribution in [0.4, 0.5) is 11.4 Å². The highest BCUT2D eigenvalue weighted by molar-refractivity contribution is 6.25. The maximum atomic E-state index is 13.6. The molecule has 0 radical (unpaired) electrons. The third kappa shape index (κ3) is 9.31. The molecule has 2 aliphatic heterocycles. The number of unbranched alkanes of at least 4 members (excludes halogenated alkanes) is 2. The van der Waals surface area contributed by atoms with Crippen molar-refractivity contribution in [3.63, 3.8) is 0 Å². The summed E-state index contributed by atoms with van der Waals surface area (Å²) in [6.45, 7) is 9.19. The van der Waals surface area contributed by atoms with Crippen LogP contribution >= 0.6 is 0 Å². The largest absolute Gasteiger partial charge is 0.379 e. The molecule has 16 heteroatoms. The van der Waals surface area contributed by atoms with E-state index in [0.29, 0.717) is 24.2 Å². The fraction of sp³-hybridized carbons (Fsp3) is 0.474. The zero-order chi connectivity index (χ0) is 37.3. The van der Waals surface area contributed by atoms with Crippen molar-refractivity contribution < 1.29 is 28.7 Å². The topological polar surface area (TPSA) is 179 Å². The van der Waals surface area contributed by atoms with Crippen LogP contribution in [0.1, 0.15) is 82.0 Å². The first-order chi connectivity index (χ1) is 26.4. The van der Waals surface area contributed by atoms with E-state index in [2.05, 4.69) is 41.1 Å². The number of amides is 2. The zero-order valence-electron chi connectivity index (χ0n) is 30.4. The van der Waals surface area contributed by atoms with Gasteiger partial charge in [-0.3, -0.25) is 29.0 Å². The third-order valence-corrected chi connectivity index (χ3v) is 9.93. The first-order valence-corrected chi connectivity index (χ1v) is 18.8. The number of hydrogen-bond acceptors (Lipinski definition) is 12. The van der Waals surface area contributed by atoms with Gasteiger partial charge in [0.15, 0.2) is 11.4 Å². The number of hydrogen-bond donors (Lipinski definition) is 2. The highest BCUT2D eigenvalue weighted by Crippen LogP contribution is 2.26. The molecule has 0 unspecified atom stereocenters. The van der Waals surface area contributed by atoms with E-state index in [4.69, 9.17) is 9.47 Å². The molecule has 2 amide bonds. The van der Waals surface area contributed by atoms with E-state index in [-0.39, 0.29) is 47.7 Å². The van der Waals surface area contributed by atoms with Gasteiger partial charge >= 0.3 is 0 Å². The molecule has 284 valence electrons. The number of aromatic nitrogens is 6. The SMILES string of the molecule is O=C(CCCCN1CCOCC1)Nc1ccc(Cn2nnc3c2C(=O)c2nnn(Cc4ccc(NC(=O)CCCCN5CCOCC5)cc4)c2C3=O)cc1. The zero-order valence-corrected chi connectivity index (χ0v) is 30.4. The first-order valence-electron chi connectivity index (χ1n) is 18.8. The van der Waals surface area contributed by atoms with Crippen LogP contribution in [-0.2, 0) is 32.2 Å². The van der Waals surface area contributed by atoms with E-state index >= 15 is 0 Å². The van der Waals surface area contributed by atoms with Crippen LogP contribution in [0.15, 0.2) is 48.5 Å². The Labute approximate surface area is 313 Å². The maximum Gasteiger partial charge on any atom is 0.236 e. The molecule has 4 aromatic rings. The molecule has 7 rings (SSSR count). The Hall–Kier alpha value is -5.16. The minimum atomic E-state index is -0.476. The van der Waals surface area contributed by atoms with Crippen molar-refractivity contribution in [1.29, 1.82) is 0 Å². The lowest BCUT2D eigenvalue weighted by Crippen LogP contribution is -2.36. The Balaban J connectivity index is 0.890. The summed E-state index contributed by atoms with van der Waals surface area (Å²) in [7, 11) is 0. The van der Waals surface area contributed by atoms with Crippen molar-refractivity contribution >= 4 is 34.8 Å². The molecule has 2 N–H and O–H groups in total. The van der Waals surface area contributed by atoms with Gasteiger partial charge in [0.25, 0.3) is 0 Å². The van der Waals surface area contributed by atoms with Crippen molar-refractivity contribution in [2.75, 3.05) is 76.3 Å². The van der Waals surface area contributed by atoms with Gasteiger partial charge < -0.3 is 20.1 Å². The number of anilines is 2. The minimum absolute atomic E-state index is 0.0368. The van der Waals surface area contributed by atoms with Gasteiger partial charge in [0, 0.05) is 50.4 Å². The van der Waals surface area contributed by atoms with Crippen molar-refractivity contribution in [2.45, 2.75) is 51.6 Å². The standard InChI is InChI=1S/C38H46N10O6/c49-31(5-1-3-15-45-17-21-53-22-18-45)39-29-11-7-27(8-12-29)25-47-35-33(41-43-47)38(52)36-34(37(35)51)42-44-48(36)26-28-9-13-30(14-10-28)40-32(50)6-2-4-16-46-19-23-54-24-20-46/h7-14H,1-6,15-26H2,(H,39,49)(H,40,50). The van der Waals surface area contributed by atoms with E-state index in [1.165, 1.54) is 9.36 Å². The maximum absolute atomic E-state index is 13.6. The molecule has 1 aliphatic carbocycles. The van der Waals surface area contributed by atoms with E-state index in [1.54, 1.807) is 24.3 Å². The molecule has 0 bridgehead atoms. The van der Waals surface area contributed by atoms with E-state index < -0.39 is 11.6 Å². The van der Waals surface area contributed by atoms with Gasteiger partial charge in [0.1, 0.15) is 11.4 Å². The van der Waals surface area contributed by atoms with Crippen LogP contribution < -0.4 is 10.6 Å². The second kappa shape index (κ2) is 17.8. The van der Waals surface area contributed by atoms with Crippen LogP contribution in [0.25, 0.3) is 0 Å². The van der Waals surface area contributed by atoms with E-state index in [0.717, 1.165) is 103 Å². The molecule has 54 heavy (non-hydrogen) atoms. The van der Waals surface area contributed by atoms with Crippen LogP contribution in [0.3, 0.4) is 0 Å². The third-order valence-electron chi connectivity index (χ3n) is 9.93. The predicted octanol–water partition coefficient (Wildman–Crippen LogP) is 2.62. The number of nitrogens with zero attached hydrogens (tertiary/aromatic N) is 8. The number of fused-ring (bicyclic) bond motifs is 2. The fourth-order valence-electron chi connectivity index (χ4n) is 6.90. The molecule has 2 fully saturated rings. The van der Waals surface area contributed by atoms with Crippen molar-refractivity contribution in [3.8, 4) is 0 Å². The Morgan fingerprint density at radius 3 is 1.35 bits per heavy atom. The number of benzene rings is 2. The molecular formula is C38H46N10O6. The highest BCUT2D eigenvalue weighted by Gasteiger charge is 2.40. The normalized spacial score (nSPS) is 16.2. The van der Waals surface area contributed by atoms with Gasteiger partial charge in [0.05, 0.1) is 39.5 Å². The highest BCUT2D eigenvalue weighted by atomic mass is 16.5. The van der Waals surface area contributed by atoms with Gasteiger partial charge in [-0.05, 0) is 74.2 Å². The average molecular weight is 739 g/mol. The van der Waals surface area contributed by atoms with Gasteiger partial charge in [-0.1, -0.05) is 34.7 Å². The fourth-order valence-corrected chi connectivity index (χ4v) is 6.90. The quantitative estimate of drug-likeness (QED) is 0.142. The Bertz CT molecular complexity index is 1790. The lowest BCUT2D eigenvalue weighted by molar-refractivity contribution is -0.117. The van der Waals surface area contributed by atoms with Crippen LogP contribution in [0.5, 0.6) is 0 Å². The van der Waals surface area contributed by atoms with Gasteiger partial charge in [0.2, 0.25) is 23.4 Å². The van der Waals surface area contributed by atoms with Crippen molar-refractivity contribution in [2.24, 2.45) is 0 Å². The predicted molar refractivity (Wildman–Crippen MR) is 197 cm³/mol. The van der Waals surface area contributed by atoms with Crippen LogP contribution in [0, 0.1) is 0 Å². The Kier molecular flexibility index (Phi) is 12.2. The number of ether oxygens (including phenoxy) is 2. The first kappa shape index (κ1) is 37.2. The minimum Gasteiger partial charge on any atom is -0.379 e. The summed E-state index contributed by atoms with van der Waals surface area (Å²) in [6.07, 6.45) is 4.44. The molecule has 2 aromatic heterocycles. The summed E-state index contributed by atoms with van der Waals surface area (Å²) in [4.78, 5) is 56.9. The van der Waals surface area contributed by atoms with Gasteiger partial charge in [-0.15, -0.1) is 10.2 Å².